The highest BCUT2D eigenvalue weighted by atomic mass is 35.5. The van der Waals surface area contributed by atoms with Crippen LogP contribution in [0.2, 0.25) is 5.02 Å². The van der Waals surface area contributed by atoms with E-state index in [1.54, 1.807) is 0 Å². The van der Waals surface area contributed by atoms with Gasteiger partial charge in [-0.2, -0.15) is 0 Å². The largest absolute Gasteiger partial charge is 0.460 e. The molecule has 0 atom stereocenters. The molecule has 1 fully saturated rings. The number of hydrogen-bond acceptors (Lipinski definition) is 4. The first-order valence-corrected chi connectivity index (χ1v) is 8.29. The van der Waals surface area contributed by atoms with Gasteiger partial charge in [0.1, 0.15) is 11.9 Å². The average Bonchev–Trinajstić information content (AvgIpc) is 2.58. The van der Waals surface area contributed by atoms with Gasteiger partial charge in [0.25, 0.3) is 5.91 Å². The Morgan fingerprint density at radius 2 is 1.80 bits per heavy atom. The minimum atomic E-state index is -0.516. The van der Waals surface area contributed by atoms with E-state index < -0.39 is 11.6 Å². The van der Waals surface area contributed by atoms with Crippen LogP contribution in [0, 0.1) is 11.6 Å². The summed E-state index contributed by atoms with van der Waals surface area (Å²) in [5, 5.41) is 2.99. The van der Waals surface area contributed by atoms with Gasteiger partial charge in [-0.15, -0.1) is 0 Å². The standard InChI is InChI=1S/C17H16ClF2N3O2/c18-15-7-10(19)1-6-14(15)16(24)23-12-2-4-13(5-3-12)25-17-21-8-11(20)9-22-17/h1,6-9,12-13H,2-5H2,(H,23,24). The lowest BCUT2D eigenvalue weighted by Gasteiger charge is -2.28. The summed E-state index contributed by atoms with van der Waals surface area (Å²) in [7, 11) is 0. The minimum absolute atomic E-state index is 0.0115. The van der Waals surface area contributed by atoms with Gasteiger partial charge in [0.05, 0.1) is 23.0 Å². The third kappa shape index (κ3) is 4.63. The van der Waals surface area contributed by atoms with Crippen LogP contribution in [-0.4, -0.2) is 28.0 Å². The van der Waals surface area contributed by atoms with Crippen LogP contribution < -0.4 is 10.1 Å². The number of carbonyl (C=O) groups is 1. The number of nitrogens with one attached hydrogen (secondary N) is 1. The van der Waals surface area contributed by atoms with Crippen LogP contribution in [0.15, 0.2) is 30.6 Å². The van der Waals surface area contributed by atoms with Gasteiger partial charge < -0.3 is 10.1 Å². The Labute approximate surface area is 148 Å². The maximum atomic E-state index is 13.1. The molecule has 1 amide bonds. The molecule has 132 valence electrons. The predicted octanol–water partition coefficient (Wildman–Crippen LogP) is 3.53. The van der Waals surface area contributed by atoms with E-state index >= 15 is 0 Å². The summed E-state index contributed by atoms with van der Waals surface area (Å²) in [6.45, 7) is 0. The van der Waals surface area contributed by atoms with Gasteiger partial charge in [0.2, 0.25) is 0 Å². The highest BCUT2D eigenvalue weighted by Gasteiger charge is 2.25. The second kappa shape index (κ2) is 7.74. The third-order valence-corrected chi connectivity index (χ3v) is 4.37. The van der Waals surface area contributed by atoms with Crippen molar-refractivity contribution >= 4 is 17.5 Å². The third-order valence-electron chi connectivity index (χ3n) is 4.05. The van der Waals surface area contributed by atoms with Crippen LogP contribution >= 0.6 is 11.6 Å². The lowest BCUT2D eigenvalue weighted by Crippen LogP contribution is -2.39. The van der Waals surface area contributed by atoms with Crippen molar-refractivity contribution in [3.8, 4) is 6.01 Å². The lowest BCUT2D eigenvalue weighted by atomic mass is 9.92. The van der Waals surface area contributed by atoms with Crippen LogP contribution in [0.4, 0.5) is 8.78 Å². The van der Waals surface area contributed by atoms with Crippen LogP contribution in [0.5, 0.6) is 6.01 Å². The van der Waals surface area contributed by atoms with Crippen LogP contribution in [0.3, 0.4) is 0 Å². The molecule has 0 spiro atoms. The van der Waals surface area contributed by atoms with Gasteiger partial charge in [0, 0.05) is 6.04 Å². The van der Waals surface area contributed by atoms with Crippen molar-refractivity contribution in [1.29, 1.82) is 0 Å². The Bertz CT molecular complexity index is 750. The number of aromatic nitrogens is 2. The van der Waals surface area contributed by atoms with Crippen molar-refractivity contribution in [2.75, 3.05) is 0 Å². The summed E-state index contributed by atoms with van der Waals surface area (Å²) in [4.78, 5) is 19.8. The van der Waals surface area contributed by atoms with E-state index in [0.29, 0.717) is 12.8 Å². The maximum Gasteiger partial charge on any atom is 0.316 e. The molecule has 0 aliphatic heterocycles. The summed E-state index contributed by atoms with van der Waals surface area (Å²) in [5.41, 5.74) is 0.251. The van der Waals surface area contributed by atoms with Gasteiger partial charge in [0.15, 0.2) is 5.82 Å². The molecule has 1 aliphatic carbocycles. The highest BCUT2D eigenvalue weighted by molar-refractivity contribution is 6.33. The van der Waals surface area contributed by atoms with E-state index in [4.69, 9.17) is 16.3 Å². The SMILES string of the molecule is O=C(NC1CCC(Oc2ncc(F)cn2)CC1)c1ccc(F)cc1Cl. The number of benzene rings is 1. The van der Waals surface area contributed by atoms with Crippen molar-refractivity contribution in [2.24, 2.45) is 0 Å². The van der Waals surface area contributed by atoms with E-state index in [-0.39, 0.29) is 34.6 Å². The second-order valence-electron chi connectivity index (χ2n) is 5.87. The molecule has 8 heteroatoms. The average molecular weight is 368 g/mol. The fraction of sp³-hybridized carbons (Fsp3) is 0.353. The fourth-order valence-electron chi connectivity index (χ4n) is 2.77. The molecule has 2 aromatic rings. The fourth-order valence-corrected chi connectivity index (χ4v) is 3.03. The Kier molecular flexibility index (Phi) is 5.43. The van der Waals surface area contributed by atoms with Crippen LogP contribution in [0.1, 0.15) is 36.0 Å². The summed E-state index contributed by atoms with van der Waals surface area (Å²) in [6.07, 6.45) is 4.90. The van der Waals surface area contributed by atoms with Gasteiger partial charge in [-0.3, -0.25) is 4.79 Å². The Balaban J connectivity index is 1.50. The number of halogens is 3. The molecule has 1 heterocycles. The quantitative estimate of drug-likeness (QED) is 0.897. The first kappa shape index (κ1) is 17.5. The number of amides is 1. The smallest absolute Gasteiger partial charge is 0.316 e. The van der Waals surface area contributed by atoms with Gasteiger partial charge in [-0.1, -0.05) is 11.6 Å². The molecular formula is C17H16ClF2N3O2. The molecule has 1 N–H and O–H groups in total. The number of hydrogen-bond donors (Lipinski definition) is 1. The number of rotatable bonds is 4. The Hall–Kier alpha value is -2.28. The molecule has 0 unspecified atom stereocenters. The molecule has 1 saturated carbocycles. The predicted molar refractivity (Wildman–Crippen MR) is 87.5 cm³/mol. The normalized spacial score (nSPS) is 20.1. The summed E-state index contributed by atoms with van der Waals surface area (Å²) in [6, 6.07) is 3.82. The van der Waals surface area contributed by atoms with Crippen molar-refractivity contribution in [2.45, 2.75) is 37.8 Å². The summed E-state index contributed by atoms with van der Waals surface area (Å²) >= 11 is 5.91. The summed E-state index contributed by atoms with van der Waals surface area (Å²) < 4.78 is 31.4. The monoisotopic (exact) mass is 367 g/mol. The van der Waals surface area contributed by atoms with Crippen molar-refractivity contribution in [1.82, 2.24) is 15.3 Å². The van der Waals surface area contributed by atoms with E-state index in [0.717, 1.165) is 31.3 Å². The van der Waals surface area contributed by atoms with Crippen molar-refractivity contribution in [3.63, 3.8) is 0 Å². The van der Waals surface area contributed by atoms with Crippen molar-refractivity contribution in [3.05, 3.63) is 52.8 Å². The highest BCUT2D eigenvalue weighted by Crippen LogP contribution is 2.23. The molecule has 1 aromatic carbocycles. The molecule has 1 aromatic heterocycles. The van der Waals surface area contributed by atoms with Crippen LogP contribution in [0.25, 0.3) is 0 Å². The van der Waals surface area contributed by atoms with Gasteiger partial charge in [-0.25, -0.2) is 18.7 Å². The molecule has 25 heavy (non-hydrogen) atoms. The number of carbonyl (C=O) groups excluding carboxylic acids is 1. The van der Waals surface area contributed by atoms with E-state index in [1.165, 1.54) is 12.1 Å². The van der Waals surface area contributed by atoms with E-state index in [2.05, 4.69) is 15.3 Å². The maximum absolute atomic E-state index is 13.1. The van der Waals surface area contributed by atoms with Crippen molar-refractivity contribution < 1.29 is 18.3 Å². The number of nitrogens with zero attached hydrogens (tertiary/aromatic N) is 2. The molecular weight excluding hydrogens is 352 g/mol. The van der Waals surface area contributed by atoms with E-state index in [1.807, 2.05) is 0 Å². The Morgan fingerprint density at radius 1 is 1.12 bits per heavy atom. The molecule has 3 rings (SSSR count). The zero-order valence-electron chi connectivity index (χ0n) is 13.2. The van der Waals surface area contributed by atoms with Crippen LogP contribution in [-0.2, 0) is 0 Å². The molecule has 1 aliphatic rings. The molecule has 0 bridgehead atoms. The first-order valence-electron chi connectivity index (χ1n) is 7.91. The zero-order chi connectivity index (χ0) is 17.8. The first-order chi connectivity index (χ1) is 12.0. The Morgan fingerprint density at radius 3 is 2.44 bits per heavy atom. The molecule has 0 saturated heterocycles. The van der Waals surface area contributed by atoms with Gasteiger partial charge >= 0.3 is 6.01 Å². The number of ether oxygens (including phenoxy) is 1. The summed E-state index contributed by atoms with van der Waals surface area (Å²) in [5.74, 6) is -1.32. The van der Waals surface area contributed by atoms with Gasteiger partial charge in [-0.05, 0) is 43.9 Å². The lowest BCUT2D eigenvalue weighted by molar-refractivity contribution is 0.0885. The molecule has 5 nitrogen and oxygen atoms in total. The second-order valence-corrected chi connectivity index (χ2v) is 6.28. The molecule has 0 radical (unpaired) electrons. The zero-order valence-corrected chi connectivity index (χ0v) is 14.0. The van der Waals surface area contributed by atoms with E-state index in [9.17, 15) is 13.6 Å². The topological polar surface area (TPSA) is 64.1 Å². The minimum Gasteiger partial charge on any atom is -0.460 e.